The van der Waals surface area contributed by atoms with Gasteiger partial charge in [0, 0.05) is 6.42 Å². The van der Waals surface area contributed by atoms with Gasteiger partial charge in [0.15, 0.2) is 6.10 Å². The van der Waals surface area contributed by atoms with E-state index in [1.54, 1.807) is 6.26 Å². The molecular formula is C46H85NO8P+. The molecule has 0 heterocycles. The Morgan fingerprint density at radius 1 is 0.643 bits per heavy atom. The molecule has 2 N–H and O–H groups in total. The smallest absolute Gasteiger partial charge is 0.472 e. The van der Waals surface area contributed by atoms with Crippen molar-refractivity contribution in [1.29, 1.82) is 0 Å². The maximum absolute atomic E-state index is 12.7. The number of allylic oxidation sites excluding steroid dienone is 8. The van der Waals surface area contributed by atoms with Crippen molar-refractivity contribution in [3.63, 3.8) is 0 Å². The van der Waals surface area contributed by atoms with E-state index in [1.807, 2.05) is 33.3 Å². The number of hydrogen-bond acceptors (Lipinski definition) is 7. The number of carbonyl (C=O) groups excluding carboxylic acids is 1. The molecule has 0 bridgehead atoms. The average Bonchev–Trinajstić information content (AvgIpc) is 3.14. The minimum atomic E-state index is -4.32. The van der Waals surface area contributed by atoms with Crippen LogP contribution in [0.5, 0.6) is 0 Å². The molecule has 10 heteroatoms. The van der Waals surface area contributed by atoms with Crippen LogP contribution in [-0.2, 0) is 27.9 Å². The molecule has 0 saturated heterocycles. The highest BCUT2D eigenvalue weighted by Crippen LogP contribution is 2.43. The average molecular weight is 811 g/mol. The van der Waals surface area contributed by atoms with Crippen LogP contribution in [-0.4, -0.2) is 80.2 Å². The van der Waals surface area contributed by atoms with E-state index >= 15 is 0 Å². The standard InChI is InChI=1S/C46H84NO8P/c1-6-8-9-10-11-12-13-14-15-16-20-23-26-29-32-35-40-52-42-45(43-54-56(50,51)53-41-39-47(3,4)5)55-46(49)38-34-31-28-25-22-19-17-18-21-24-27-30-33-37-44(48)36-7-2/h17,19,21,24-25,28,30,33,35,40,44-45,48H,6-16,18,20,22-23,26-27,29,31-32,34,36-39,41-43H2,1-5H3/p+1/b19-17-,24-21-,28-25-,33-30-,40-35+/t44?,45-/m1/s1. The summed E-state index contributed by atoms with van der Waals surface area (Å²) >= 11 is 0. The Hall–Kier alpha value is -2.00. The lowest BCUT2D eigenvalue weighted by molar-refractivity contribution is -0.870. The molecule has 0 rings (SSSR count). The number of esters is 1. The van der Waals surface area contributed by atoms with Crippen LogP contribution in [0.1, 0.15) is 168 Å². The lowest BCUT2D eigenvalue weighted by atomic mass is 10.0. The van der Waals surface area contributed by atoms with E-state index in [4.69, 9.17) is 18.5 Å². The molecule has 0 saturated carbocycles. The first kappa shape index (κ1) is 54.0. The molecule has 0 radical (unpaired) electrons. The molecule has 0 aromatic carbocycles. The van der Waals surface area contributed by atoms with Crippen molar-refractivity contribution in [2.75, 3.05) is 47.5 Å². The SMILES string of the molecule is CCCCCCCCCCCCCCCC/C=C/OC[C@H](COP(=O)(O)OCC[N+](C)(C)C)OC(=O)CCC/C=C\C/C=C\C/C=C\C/C=C\CC(O)CCC. The van der Waals surface area contributed by atoms with Gasteiger partial charge in [-0.05, 0) is 63.9 Å². The molecule has 326 valence electrons. The number of phosphoric acid groups is 1. The Labute approximate surface area is 343 Å². The summed E-state index contributed by atoms with van der Waals surface area (Å²) in [6.45, 7) is 4.65. The molecule has 9 nitrogen and oxygen atoms in total. The van der Waals surface area contributed by atoms with E-state index in [2.05, 4.69) is 56.4 Å². The van der Waals surface area contributed by atoms with E-state index in [-0.39, 0.29) is 32.3 Å². The highest BCUT2D eigenvalue weighted by Gasteiger charge is 2.26. The normalized spacial score (nSPS) is 14.8. The van der Waals surface area contributed by atoms with Crippen LogP contribution in [0.3, 0.4) is 0 Å². The largest absolute Gasteiger partial charge is 0.498 e. The van der Waals surface area contributed by atoms with Crippen molar-refractivity contribution < 1.29 is 42.4 Å². The Balaban J connectivity index is 4.41. The number of aliphatic hydroxyl groups excluding tert-OH is 1. The summed E-state index contributed by atoms with van der Waals surface area (Å²) in [5, 5.41) is 9.74. The van der Waals surface area contributed by atoms with E-state index in [9.17, 15) is 19.4 Å². The lowest BCUT2D eigenvalue weighted by Crippen LogP contribution is -2.37. The summed E-state index contributed by atoms with van der Waals surface area (Å²) in [7, 11) is 1.57. The van der Waals surface area contributed by atoms with Gasteiger partial charge in [0.1, 0.15) is 19.8 Å². The fourth-order valence-corrected chi connectivity index (χ4v) is 6.50. The van der Waals surface area contributed by atoms with Crippen LogP contribution < -0.4 is 0 Å². The molecule has 3 atom stereocenters. The number of phosphoric ester groups is 1. The molecule has 0 aromatic rings. The van der Waals surface area contributed by atoms with Gasteiger partial charge in [-0.1, -0.05) is 152 Å². The second-order valence-electron chi connectivity index (χ2n) is 16.0. The van der Waals surface area contributed by atoms with Crippen LogP contribution >= 0.6 is 7.82 Å². The second kappa shape index (κ2) is 38.5. The van der Waals surface area contributed by atoms with Gasteiger partial charge < -0.3 is 24.0 Å². The zero-order valence-corrected chi connectivity index (χ0v) is 37.4. The summed E-state index contributed by atoms with van der Waals surface area (Å²) < 4.78 is 34.6. The molecule has 0 aliphatic rings. The van der Waals surface area contributed by atoms with Crippen molar-refractivity contribution in [2.24, 2.45) is 0 Å². The molecule has 0 fully saturated rings. The molecule has 0 aliphatic heterocycles. The van der Waals surface area contributed by atoms with E-state index in [0.29, 0.717) is 17.4 Å². The summed E-state index contributed by atoms with van der Waals surface area (Å²) in [4.78, 5) is 22.8. The number of rotatable bonds is 40. The van der Waals surface area contributed by atoms with Crippen LogP contribution in [0.15, 0.2) is 60.9 Å². The lowest BCUT2D eigenvalue weighted by Gasteiger charge is -2.24. The zero-order chi connectivity index (χ0) is 41.4. The van der Waals surface area contributed by atoms with Crippen LogP contribution in [0.2, 0.25) is 0 Å². The quantitative estimate of drug-likeness (QED) is 0.0157. The van der Waals surface area contributed by atoms with Crippen molar-refractivity contribution >= 4 is 13.8 Å². The predicted octanol–water partition coefficient (Wildman–Crippen LogP) is 12.3. The Morgan fingerprint density at radius 3 is 1.71 bits per heavy atom. The number of aliphatic hydroxyl groups is 1. The number of nitrogens with zero attached hydrogens (tertiary/aromatic N) is 1. The van der Waals surface area contributed by atoms with Gasteiger partial charge in [0.25, 0.3) is 0 Å². The third-order valence-corrected chi connectivity index (χ3v) is 10.2. The topological polar surface area (TPSA) is 112 Å². The minimum Gasteiger partial charge on any atom is -0.498 e. The first-order chi connectivity index (χ1) is 27.0. The summed E-state index contributed by atoms with van der Waals surface area (Å²) in [6, 6.07) is 0. The molecular weight excluding hydrogens is 725 g/mol. The molecule has 0 spiro atoms. The van der Waals surface area contributed by atoms with Gasteiger partial charge in [-0.15, -0.1) is 0 Å². The van der Waals surface area contributed by atoms with Gasteiger partial charge in [-0.25, -0.2) is 4.57 Å². The molecule has 0 aromatic heterocycles. The third-order valence-electron chi connectivity index (χ3n) is 9.20. The molecule has 0 aliphatic carbocycles. The first-order valence-corrected chi connectivity index (χ1v) is 23.6. The van der Waals surface area contributed by atoms with Gasteiger partial charge >= 0.3 is 13.8 Å². The Kier molecular flexibility index (Phi) is 37.1. The van der Waals surface area contributed by atoms with Crippen LogP contribution in [0.25, 0.3) is 0 Å². The summed E-state index contributed by atoms with van der Waals surface area (Å²) in [6.07, 6.45) is 45.6. The maximum atomic E-state index is 12.7. The molecule has 2 unspecified atom stereocenters. The maximum Gasteiger partial charge on any atom is 0.472 e. The number of likely N-dealkylation sites (N-methyl/N-ethyl adjacent to an activating group) is 1. The summed E-state index contributed by atoms with van der Waals surface area (Å²) in [5.74, 6) is -0.403. The number of carbonyl (C=O) groups is 1. The number of hydrogen-bond donors (Lipinski definition) is 2. The summed E-state index contributed by atoms with van der Waals surface area (Å²) in [5.41, 5.74) is 0. The first-order valence-electron chi connectivity index (χ1n) is 22.2. The van der Waals surface area contributed by atoms with E-state index in [0.717, 1.165) is 57.8 Å². The third kappa shape index (κ3) is 41.6. The fraction of sp³-hybridized carbons (Fsp3) is 0.761. The molecule has 0 amide bonds. The van der Waals surface area contributed by atoms with Gasteiger partial charge in [-0.3, -0.25) is 13.8 Å². The van der Waals surface area contributed by atoms with Crippen molar-refractivity contribution in [1.82, 2.24) is 0 Å². The van der Waals surface area contributed by atoms with Crippen molar-refractivity contribution in [3.05, 3.63) is 60.9 Å². The van der Waals surface area contributed by atoms with Crippen molar-refractivity contribution in [3.8, 4) is 0 Å². The van der Waals surface area contributed by atoms with Gasteiger partial charge in [0.05, 0.1) is 40.1 Å². The fourth-order valence-electron chi connectivity index (χ4n) is 5.76. The monoisotopic (exact) mass is 811 g/mol. The van der Waals surface area contributed by atoms with Gasteiger partial charge in [0.2, 0.25) is 0 Å². The van der Waals surface area contributed by atoms with Crippen LogP contribution in [0, 0.1) is 0 Å². The Bertz CT molecular complexity index is 1100. The number of unbranched alkanes of at least 4 members (excludes halogenated alkanes) is 15. The highest BCUT2D eigenvalue weighted by molar-refractivity contribution is 7.47. The van der Waals surface area contributed by atoms with Gasteiger partial charge in [-0.2, -0.15) is 0 Å². The van der Waals surface area contributed by atoms with E-state index in [1.165, 1.54) is 83.5 Å². The highest BCUT2D eigenvalue weighted by atomic mass is 31.2. The van der Waals surface area contributed by atoms with Crippen LogP contribution in [0.4, 0.5) is 0 Å². The van der Waals surface area contributed by atoms with E-state index < -0.39 is 19.9 Å². The second-order valence-corrected chi connectivity index (χ2v) is 17.4. The number of quaternary nitrogens is 1. The minimum absolute atomic E-state index is 0.0150. The Morgan fingerprint density at radius 2 is 1.16 bits per heavy atom. The molecule has 56 heavy (non-hydrogen) atoms. The zero-order valence-electron chi connectivity index (χ0n) is 36.5. The van der Waals surface area contributed by atoms with Crippen molar-refractivity contribution in [2.45, 2.75) is 180 Å². The number of ether oxygens (including phenoxy) is 2. The predicted molar refractivity (Wildman–Crippen MR) is 234 cm³/mol.